The highest BCUT2D eigenvalue weighted by molar-refractivity contribution is 5.93. The number of nitrogens with zero attached hydrogens (tertiary/aromatic N) is 1. The van der Waals surface area contributed by atoms with Crippen LogP contribution in [0.15, 0.2) is 54.5 Å². The van der Waals surface area contributed by atoms with Crippen molar-refractivity contribution in [1.29, 1.82) is 0 Å². The maximum Gasteiger partial charge on any atom is 0.416 e. The molecule has 0 unspecified atom stereocenters. The molecular weight excluding hydrogens is 371 g/mol. The molecule has 2 aromatic rings. The smallest absolute Gasteiger partial charge is 0.398 e. The Kier molecular flexibility index (Phi) is 5.78. The summed E-state index contributed by atoms with van der Waals surface area (Å²) in [5, 5.41) is 2.14. The molecule has 27 heavy (non-hydrogen) atoms. The number of nitrogens with two attached hydrogens (primary N) is 2. The van der Waals surface area contributed by atoms with Gasteiger partial charge in [0.1, 0.15) is 11.6 Å². The number of alkyl halides is 3. The Morgan fingerprint density at radius 2 is 1.78 bits per heavy atom. The van der Waals surface area contributed by atoms with Gasteiger partial charge in [0.15, 0.2) is 11.5 Å². The second-order valence-electron chi connectivity index (χ2n) is 5.22. The summed E-state index contributed by atoms with van der Waals surface area (Å²) >= 11 is 0. The number of aromatic nitrogens is 1. The van der Waals surface area contributed by atoms with Crippen molar-refractivity contribution in [2.75, 3.05) is 0 Å². The maximum atomic E-state index is 13.8. The minimum atomic E-state index is -4.69. The number of nitrogens with one attached hydrogen (secondary N) is 1. The van der Waals surface area contributed by atoms with Crippen molar-refractivity contribution in [2.24, 2.45) is 11.5 Å². The summed E-state index contributed by atoms with van der Waals surface area (Å²) in [5.74, 6) is -3.22. The van der Waals surface area contributed by atoms with Crippen molar-refractivity contribution in [2.45, 2.75) is 6.18 Å². The summed E-state index contributed by atoms with van der Waals surface area (Å²) in [5.41, 5.74) is 9.01. The van der Waals surface area contributed by atoms with Crippen molar-refractivity contribution >= 4 is 11.6 Å². The lowest BCUT2D eigenvalue weighted by Crippen LogP contribution is -2.28. The molecule has 0 radical (unpaired) electrons. The van der Waals surface area contributed by atoms with Gasteiger partial charge in [-0.25, -0.2) is 13.8 Å². The van der Waals surface area contributed by atoms with Crippen LogP contribution in [0.5, 0.6) is 0 Å². The first-order valence-electron chi connectivity index (χ1n) is 7.31. The molecule has 0 saturated heterocycles. The van der Waals surface area contributed by atoms with Gasteiger partial charge in [0.2, 0.25) is 0 Å². The summed E-state index contributed by atoms with van der Waals surface area (Å²) in [6.45, 7) is 0. The average molecular weight is 384 g/mol. The van der Waals surface area contributed by atoms with Gasteiger partial charge < -0.3 is 16.8 Å². The Morgan fingerprint density at radius 3 is 2.37 bits per heavy atom. The maximum absolute atomic E-state index is 13.8. The van der Waals surface area contributed by atoms with E-state index in [-0.39, 0.29) is 17.1 Å². The lowest BCUT2D eigenvalue weighted by atomic mass is 10.1. The minimum Gasteiger partial charge on any atom is -0.398 e. The van der Waals surface area contributed by atoms with Gasteiger partial charge in [-0.3, -0.25) is 4.79 Å². The SMILES string of the molecule is N/C(=C\C=C(/N)NC(=O)c1ncccc1F)c1ccc(C(F)(F)F)cc1F. The second-order valence-corrected chi connectivity index (χ2v) is 5.22. The summed E-state index contributed by atoms with van der Waals surface area (Å²) in [4.78, 5) is 15.4. The number of allylic oxidation sites excluding steroid dienone is 2. The van der Waals surface area contributed by atoms with Crippen molar-refractivity contribution in [3.8, 4) is 0 Å². The molecule has 10 heteroatoms. The van der Waals surface area contributed by atoms with Crippen LogP contribution in [-0.2, 0) is 6.18 Å². The Bertz CT molecular complexity index is 922. The van der Waals surface area contributed by atoms with Crippen molar-refractivity contribution in [3.05, 3.63) is 83.0 Å². The molecule has 0 saturated carbocycles. The van der Waals surface area contributed by atoms with Gasteiger partial charge in [0.25, 0.3) is 5.91 Å². The monoisotopic (exact) mass is 384 g/mol. The highest BCUT2D eigenvalue weighted by Gasteiger charge is 2.31. The van der Waals surface area contributed by atoms with E-state index in [1.54, 1.807) is 0 Å². The summed E-state index contributed by atoms with van der Waals surface area (Å²) in [7, 11) is 0. The molecule has 1 aromatic heterocycles. The predicted octanol–water partition coefficient (Wildman–Crippen LogP) is 2.91. The molecule has 1 aromatic carbocycles. The number of benzene rings is 1. The van der Waals surface area contributed by atoms with E-state index < -0.39 is 35.0 Å². The van der Waals surface area contributed by atoms with Crippen LogP contribution >= 0.6 is 0 Å². The molecule has 0 aliphatic rings. The summed E-state index contributed by atoms with van der Waals surface area (Å²) in [6, 6.07) is 4.20. The van der Waals surface area contributed by atoms with Gasteiger partial charge in [-0.15, -0.1) is 0 Å². The molecular formula is C17H13F5N4O. The van der Waals surface area contributed by atoms with E-state index in [1.807, 2.05) is 0 Å². The van der Waals surface area contributed by atoms with Crippen LogP contribution in [0.4, 0.5) is 22.0 Å². The first-order chi connectivity index (χ1) is 12.6. The van der Waals surface area contributed by atoms with Gasteiger partial charge in [-0.2, -0.15) is 13.2 Å². The number of halogens is 5. The van der Waals surface area contributed by atoms with E-state index in [2.05, 4.69) is 10.3 Å². The standard InChI is InChI=1S/C17H13F5N4O/c18-11-2-1-7-25-15(11)16(27)26-14(24)6-5-13(23)10-4-3-9(8-12(10)19)17(20,21)22/h1-8H,23-24H2,(H,26,27)/b13-5-,14-6+. The molecule has 5 N–H and O–H groups in total. The molecule has 0 aliphatic carbocycles. The Hall–Kier alpha value is -3.43. The summed E-state index contributed by atoms with van der Waals surface area (Å²) in [6.07, 6.45) is -1.32. The third-order valence-electron chi connectivity index (χ3n) is 3.28. The van der Waals surface area contributed by atoms with Crippen LogP contribution in [0.1, 0.15) is 21.6 Å². The van der Waals surface area contributed by atoms with Crippen molar-refractivity contribution in [1.82, 2.24) is 10.3 Å². The van der Waals surface area contributed by atoms with Crippen molar-refractivity contribution < 1.29 is 26.7 Å². The number of rotatable bonds is 4. The van der Waals surface area contributed by atoms with E-state index >= 15 is 0 Å². The topological polar surface area (TPSA) is 94.0 Å². The zero-order valence-electron chi connectivity index (χ0n) is 13.5. The first kappa shape index (κ1) is 19.9. The molecule has 0 atom stereocenters. The third-order valence-corrected chi connectivity index (χ3v) is 3.28. The average Bonchev–Trinajstić information content (AvgIpc) is 2.59. The highest BCUT2D eigenvalue weighted by Crippen LogP contribution is 2.30. The quantitative estimate of drug-likeness (QED) is 0.558. The van der Waals surface area contributed by atoms with E-state index in [9.17, 15) is 26.7 Å². The third kappa shape index (κ3) is 5.03. The lowest BCUT2D eigenvalue weighted by molar-refractivity contribution is -0.137. The zero-order valence-corrected chi connectivity index (χ0v) is 13.5. The molecule has 0 aliphatic heterocycles. The van der Waals surface area contributed by atoms with Crippen LogP contribution < -0.4 is 16.8 Å². The Labute approximate surface area is 150 Å². The van der Waals surface area contributed by atoms with E-state index in [4.69, 9.17) is 11.5 Å². The highest BCUT2D eigenvalue weighted by atomic mass is 19.4. The molecule has 1 heterocycles. The molecule has 142 valence electrons. The number of pyridine rings is 1. The molecule has 1 amide bonds. The largest absolute Gasteiger partial charge is 0.416 e. The molecule has 5 nitrogen and oxygen atoms in total. The van der Waals surface area contributed by atoms with E-state index in [0.717, 1.165) is 24.3 Å². The van der Waals surface area contributed by atoms with Gasteiger partial charge in [0.05, 0.1) is 5.56 Å². The van der Waals surface area contributed by atoms with Crippen LogP contribution in [-0.4, -0.2) is 10.9 Å². The van der Waals surface area contributed by atoms with Gasteiger partial charge >= 0.3 is 6.18 Å². The fourth-order valence-corrected chi connectivity index (χ4v) is 1.98. The number of hydrogen-bond acceptors (Lipinski definition) is 4. The fraction of sp³-hybridized carbons (Fsp3) is 0.0588. The fourth-order valence-electron chi connectivity index (χ4n) is 1.98. The van der Waals surface area contributed by atoms with Crippen LogP contribution in [0.25, 0.3) is 5.70 Å². The molecule has 2 rings (SSSR count). The predicted molar refractivity (Wildman–Crippen MR) is 87.5 cm³/mol. The number of hydrogen-bond donors (Lipinski definition) is 3. The Balaban J connectivity index is 2.16. The lowest BCUT2D eigenvalue weighted by Gasteiger charge is -2.09. The minimum absolute atomic E-state index is 0.234. The van der Waals surface area contributed by atoms with Gasteiger partial charge in [-0.05, 0) is 42.5 Å². The summed E-state index contributed by atoms with van der Waals surface area (Å²) < 4.78 is 64.9. The second kappa shape index (κ2) is 7.85. The van der Waals surface area contributed by atoms with Crippen molar-refractivity contribution in [3.63, 3.8) is 0 Å². The first-order valence-corrected chi connectivity index (χ1v) is 7.31. The molecule has 0 spiro atoms. The van der Waals surface area contributed by atoms with Gasteiger partial charge in [0, 0.05) is 17.5 Å². The molecule has 0 bridgehead atoms. The number of carbonyl (C=O) groups is 1. The number of carbonyl (C=O) groups excluding carboxylic acids is 1. The number of amides is 1. The van der Waals surface area contributed by atoms with Crippen LogP contribution in [0.2, 0.25) is 0 Å². The van der Waals surface area contributed by atoms with E-state index in [1.165, 1.54) is 12.3 Å². The zero-order chi connectivity index (χ0) is 20.2. The molecule has 0 fully saturated rings. The van der Waals surface area contributed by atoms with Crippen LogP contribution in [0, 0.1) is 11.6 Å². The Morgan fingerprint density at radius 1 is 1.07 bits per heavy atom. The normalized spacial score (nSPS) is 12.8. The van der Waals surface area contributed by atoms with Crippen LogP contribution in [0.3, 0.4) is 0 Å². The van der Waals surface area contributed by atoms with Gasteiger partial charge in [-0.1, -0.05) is 0 Å². The van der Waals surface area contributed by atoms with E-state index in [0.29, 0.717) is 12.1 Å².